The SMILES string of the molecule is CCNC(=NCC1(O)CCSC1)N1CCC2(CCCCC2)C1. The van der Waals surface area contributed by atoms with Gasteiger partial charge < -0.3 is 15.3 Å². The Kier molecular flexibility index (Phi) is 5.23. The molecule has 1 aliphatic carbocycles. The van der Waals surface area contributed by atoms with Crippen molar-refractivity contribution in [3.8, 4) is 0 Å². The van der Waals surface area contributed by atoms with Crippen LogP contribution in [0, 0.1) is 5.41 Å². The highest BCUT2D eigenvalue weighted by Gasteiger charge is 2.40. The lowest BCUT2D eigenvalue weighted by atomic mass is 9.73. The Morgan fingerprint density at radius 2 is 2.05 bits per heavy atom. The first-order valence-electron chi connectivity index (χ1n) is 8.98. The predicted octanol–water partition coefficient (Wildman–Crippen LogP) is 2.48. The zero-order chi connectivity index (χ0) is 15.5. The van der Waals surface area contributed by atoms with Gasteiger partial charge in [0.15, 0.2) is 5.96 Å². The first kappa shape index (κ1) is 16.4. The van der Waals surface area contributed by atoms with Gasteiger partial charge in [-0.25, -0.2) is 0 Å². The molecular weight excluding hydrogens is 294 g/mol. The average Bonchev–Trinajstić information content (AvgIpc) is 3.12. The maximum Gasteiger partial charge on any atom is 0.194 e. The maximum atomic E-state index is 10.5. The second-order valence-electron chi connectivity index (χ2n) is 7.43. The van der Waals surface area contributed by atoms with E-state index in [4.69, 9.17) is 4.99 Å². The van der Waals surface area contributed by atoms with Gasteiger partial charge in [0.25, 0.3) is 0 Å². The maximum absolute atomic E-state index is 10.5. The van der Waals surface area contributed by atoms with Crippen molar-refractivity contribution in [1.29, 1.82) is 0 Å². The van der Waals surface area contributed by atoms with Crippen LogP contribution >= 0.6 is 11.8 Å². The summed E-state index contributed by atoms with van der Waals surface area (Å²) < 4.78 is 0. The van der Waals surface area contributed by atoms with E-state index in [9.17, 15) is 5.11 Å². The topological polar surface area (TPSA) is 47.9 Å². The van der Waals surface area contributed by atoms with Crippen molar-refractivity contribution in [2.24, 2.45) is 10.4 Å². The molecule has 1 unspecified atom stereocenters. The highest BCUT2D eigenvalue weighted by Crippen LogP contribution is 2.43. The van der Waals surface area contributed by atoms with Crippen molar-refractivity contribution in [2.45, 2.75) is 57.5 Å². The van der Waals surface area contributed by atoms with Gasteiger partial charge in [-0.1, -0.05) is 19.3 Å². The van der Waals surface area contributed by atoms with Crippen LogP contribution < -0.4 is 5.32 Å². The molecule has 1 spiro atoms. The summed E-state index contributed by atoms with van der Waals surface area (Å²) in [5.41, 5.74) is -0.0257. The molecule has 1 saturated carbocycles. The summed E-state index contributed by atoms with van der Waals surface area (Å²) >= 11 is 1.84. The van der Waals surface area contributed by atoms with E-state index in [1.54, 1.807) is 0 Å². The molecule has 22 heavy (non-hydrogen) atoms. The van der Waals surface area contributed by atoms with E-state index in [1.165, 1.54) is 38.5 Å². The van der Waals surface area contributed by atoms with Crippen LogP contribution in [0.2, 0.25) is 0 Å². The molecule has 5 heteroatoms. The second kappa shape index (κ2) is 7.00. The molecule has 0 bridgehead atoms. The molecule has 0 aromatic heterocycles. The molecule has 2 aliphatic heterocycles. The number of aliphatic imine (C=N–C) groups is 1. The van der Waals surface area contributed by atoms with Gasteiger partial charge in [0.05, 0.1) is 12.1 Å². The van der Waals surface area contributed by atoms with Crippen LogP contribution in [0.15, 0.2) is 4.99 Å². The van der Waals surface area contributed by atoms with Crippen molar-refractivity contribution in [1.82, 2.24) is 10.2 Å². The van der Waals surface area contributed by atoms with E-state index in [0.717, 1.165) is 43.5 Å². The Labute approximate surface area is 139 Å². The van der Waals surface area contributed by atoms with E-state index >= 15 is 0 Å². The van der Waals surface area contributed by atoms with Crippen LogP contribution in [0.1, 0.15) is 51.9 Å². The van der Waals surface area contributed by atoms with Gasteiger partial charge in [-0.05, 0) is 43.8 Å². The highest BCUT2D eigenvalue weighted by atomic mass is 32.2. The first-order chi connectivity index (χ1) is 10.6. The number of nitrogens with zero attached hydrogens (tertiary/aromatic N) is 2. The van der Waals surface area contributed by atoms with E-state index in [0.29, 0.717) is 12.0 Å². The lowest BCUT2D eigenvalue weighted by Gasteiger charge is -2.33. The van der Waals surface area contributed by atoms with E-state index < -0.39 is 5.60 Å². The third-order valence-electron chi connectivity index (χ3n) is 5.59. The van der Waals surface area contributed by atoms with E-state index in [1.807, 2.05) is 11.8 Å². The van der Waals surface area contributed by atoms with Crippen LogP contribution in [0.25, 0.3) is 0 Å². The van der Waals surface area contributed by atoms with Crippen molar-refractivity contribution in [3.63, 3.8) is 0 Å². The number of guanidine groups is 1. The standard InChI is InChI=1S/C17H31N3OS/c1-2-18-15(19-12-17(21)9-11-22-14-17)20-10-8-16(13-20)6-4-3-5-7-16/h21H,2-14H2,1H3,(H,18,19). The third kappa shape index (κ3) is 3.73. The largest absolute Gasteiger partial charge is 0.387 e. The zero-order valence-electron chi connectivity index (χ0n) is 13.9. The van der Waals surface area contributed by atoms with E-state index in [-0.39, 0.29) is 0 Å². The summed E-state index contributed by atoms with van der Waals surface area (Å²) in [5.74, 6) is 2.92. The zero-order valence-corrected chi connectivity index (χ0v) is 14.8. The quantitative estimate of drug-likeness (QED) is 0.618. The number of rotatable bonds is 3. The van der Waals surface area contributed by atoms with Crippen molar-refractivity contribution < 1.29 is 5.11 Å². The number of hydrogen-bond acceptors (Lipinski definition) is 3. The van der Waals surface area contributed by atoms with Crippen LogP contribution in [-0.2, 0) is 0 Å². The highest BCUT2D eigenvalue weighted by molar-refractivity contribution is 7.99. The Morgan fingerprint density at radius 1 is 1.23 bits per heavy atom. The number of thioether (sulfide) groups is 1. The molecular formula is C17H31N3OS. The lowest BCUT2D eigenvalue weighted by Crippen LogP contribution is -2.43. The molecule has 2 N–H and O–H groups in total. The van der Waals surface area contributed by atoms with Gasteiger partial charge in [0, 0.05) is 25.4 Å². The fourth-order valence-corrected chi connectivity index (χ4v) is 5.48. The number of aliphatic hydroxyl groups is 1. The number of hydrogen-bond donors (Lipinski definition) is 2. The van der Waals surface area contributed by atoms with Crippen LogP contribution in [0.5, 0.6) is 0 Å². The Bertz CT molecular complexity index is 401. The Morgan fingerprint density at radius 3 is 2.73 bits per heavy atom. The Balaban J connectivity index is 1.63. The molecule has 126 valence electrons. The summed E-state index contributed by atoms with van der Waals surface area (Å²) in [6.45, 7) is 5.86. The van der Waals surface area contributed by atoms with Crippen LogP contribution in [-0.4, -0.2) is 59.3 Å². The fraction of sp³-hybridized carbons (Fsp3) is 0.941. The first-order valence-corrected chi connectivity index (χ1v) is 10.1. The summed E-state index contributed by atoms with van der Waals surface area (Å²) in [6, 6.07) is 0. The molecule has 3 rings (SSSR count). The lowest BCUT2D eigenvalue weighted by molar-refractivity contribution is 0.0775. The van der Waals surface area contributed by atoms with Crippen LogP contribution in [0.3, 0.4) is 0 Å². The summed E-state index contributed by atoms with van der Waals surface area (Å²) in [6.07, 6.45) is 9.20. The van der Waals surface area contributed by atoms with Gasteiger partial charge in [-0.3, -0.25) is 4.99 Å². The minimum absolute atomic E-state index is 0.547. The summed E-state index contributed by atoms with van der Waals surface area (Å²) in [5, 5.41) is 14.0. The van der Waals surface area contributed by atoms with Crippen molar-refractivity contribution >= 4 is 17.7 Å². The fourth-order valence-electron chi connectivity index (χ4n) is 4.19. The molecule has 1 atom stereocenters. The molecule has 0 aromatic carbocycles. The second-order valence-corrected chi connectivity index (χ2v) is 8.53. The molecule has 4 nitrogen and oxygen atoms in total. The van der Waals surface area contributed by atoms with Crippen molar-refractivity contribution in [3.05, 3.63) is 0 Å². The number of likely N-dealkylation sites (tertiary alicyclic amines) is 1. The summed E-state index contributed by atoms with van der Waals surface area (Å²) in [7, 11) is 0. The predicted molar refractivity (Wildman–Crippen MR) is 94.6 cm³/mol. The molecule has 0 aromatic rings. The molecule has 0 amide bonds. The van der Waals surface area contributed by atoms with Gasteiger partial charge in [0.1, 0.15) is 0 Å². The van der Waals surface area contributed by atoms with Crippen LogP contribution in [0.4, 0.5) is 0 Å². The van der Waals surface area contributed by atoms with Gasteiger partial charge in [-0.15, -0.1) is 0 Å². The molecule has 3 fully saturated rings. The molecule has 2 saturated heterocycles. The van der Waals surface area contributed by atoms with E-state index in [2.05, 4.69) is 17.1 Å². The minimum atomic E-state index is -0.576. The number of nitrogens with one attached hydrogen (secondary N) is 1. The summed E-state index contributed by atoms with van der Waals surface area (Å²) in [4.78, 5) is 7.24. The Hall–Kier alpha value is -0.420. The normalized spacial score (nSPS) is 31.9. The monoisotopic (exact) mass is 325 g/mol. The minimum Gasteiger partial charge on any atom is -0.387 e. The van der Waals surface area contributed by atoms with Gasteiger partial charge in [-0.2, -0.15) is 11.8 Å². The molecule has 0 radical (unpaired) electrons. The third-order valence-corrected chi connectivity index (χ3v) is 6.83. The van der Waals surface area contributed by atoms with Crippen molar-refractivity contribution in [2.75, 3.05) is 37.7 Å². The molecule has 3 aliphatic rings. The molecule has 2 heterocycles. The average molecular weight is 326 g/mol. The van der Waals surface area contributed by atoms with Gasteiger partial charge in [0.2, 0.25) is 0 Å². The smallest absolute Gasteiger partial charge is 0.194 e. The van der Waals surface area contributed by atoms with Gasteiger partial charge >= 0.3 is 0 Å².